The molecule has 0 aliphatic heterocycles. The maximum atomic E-state index is 12.7. The largest absolute Gasteiger partial charge is 0.332 e. The average Bonchev–Trinajstić information content (AvgIpc) is 2.95. The Kier molecular flexibility index (Phi) is 4.83. The van der Waals surface area contributed by atoms with Crippen molar-refractivity contribution in [3.63, 3.8) is 0 Å². The van der Waals surface area contributed by atoms with Gasteiger partial charge < -0.3 is 4.57 Å². The lowest BCUT2D eigenvalue weighted by molar-refractivity contribution is 0.696. The lowest BCUT2D eigenvalue weighted by Gasteiger charge is -2.09. The second-order valence-electron chi connectivity index (χ2n) is 5.44. The Labute approximate surface area is 155 Å². The first kappa shape index (κ1) is 17.5. The highest BCUT2D eigenvalue weighted by atomic mass is 79.9. The third-order valence-corrected chi connectivity index (χ3v) is 5.15. The number of hydrogen-bond acceptors (Lipinski definition) is 5. The van der Waals surface area contributed by atoms with Gasteiger partial charge in [0.1, 0.15) is 0 Å². The van der Waals surface area contributed by atoms with Gasteiger partial charge >= 0.3 is 5.69 Å². The van der Waals surface area contributed by atoms with Gasteiger partial charge in [-0.05, 0) is 17.7 Å². The molecule has 7 nitrogen and oxygen atoms in total. The summed E-state index contributed by atoms with van der Waals surface area (Å²) in [4.78, 5) is 29.3. The number of aromatic nitrogens is 4. The van der Waals surface area contributed by atoms with E-state index in [0.717, 1.165) is 14.6 Å². The number of halogens is 1. The summed E-state index contributed by atoms with van der Waals surface area (Å²) in [6.45, 7) is 0.414. The van der Waals surface area contributed by atoms with Gasteiger partial charge in [-0.25, -0.2) is 9.78 Å². The number of rotatable bonds is 4. The Morgan fingerprint density at radius 1 is 1.28 bits per heavy atom. The standard InChI is InChI=1S/C16H14BrN5O2S/c1-20-13-12(14(23)21(2)16(20)24)22(15(19-13)25-7-6-18)9-10-4-3-5-11(17)8-10/h3-5,8H,7,9H2,1-2H3. The van der Waals surface area contributed by atoms with Gasteiger partial charge in [-0.1, -0.05) is 39.8 Å². The highest BCUT2D eigenvalue weighted by molar-refractivity contribution is 9.10. The van der Waals surface area contributed by atoms with Gasteiger partial charge in [0.2, 0.25) is 0 Å². The van der Waals surface area contributed by atoms with Crippen molar-refractivity contribution in [3.8, 4) is 6.07 Å². The van der Waals surface area contributed by atoms with Crippen LogP contribution in [0.25, 0.3) is 11.2 Å². The molecule has 3 rings (SSSR count). The fraction of sp³-hybridized carbons (Fsp3) is 0.250. The molecular weight excluding hydrogens is 406 g/mol. The highest BCUT2D eigenvalue weighted by Gasteiger charge is 2.19. The first-order chi connectivity index (χ1) is 11.9. The van der Waals surface area contributed by atoms with E-state index in [1.54, 1.807) is 11.6 Å². The molecule has 0 atom stereocenters. The summed E-state index contributed by atoms with van der Waals surface area (Å²) in [7, 11) is 3.03. The maximum absolute atomic E-state index is 12.7. The van der Waals surface area contributed by atoms with Crippen LogP contribution in [0.4, 0.5) is 0 Å². The summed E-state index contributed by atoms with van der Waals surface area (Å²) < 4.78 is 5.12. The monoisotopic (exact) mass is 419 g/mol. The second-order valence-corrected chi connectivity index (χ2v) is 7.29. The zero-order valence-electron chi connectivity index (χ0n) is 13.6. The summed E-state index contributed by atoms with van der Waals surface area (Å²) in [6.07, 6.45) is 0. The van der Waals surface area contributed by atoms with Gasteiger partial charge in [-0.15, -0.1) is 0 Å². The van der Waals surface area contributed by atoms with Crippen molar-refractivity contribution in [2.24, 2.45) is 14.1 Å². The molecule has 2 heterocycles. The minimum Gasteiger partial charge on any atom is -0.309 e. The highest BCUT2D eigenvalue weighted by Crippen LogP contribution is 2.23. The van der Waals surface area contributed by atoms with Gasteiger partial charge in [-0.3, -0.25) is 13.9 Å². The lowest BCUT2D eigenvalue weighted by atomic mass is 10.2. The van der Waals surface area contributed by atoms with E-state index in [1.165, 1.54) is 23.4 Å². The van der Waals surface area contributed by atoms with Gasteiger partial charge in [0.25, 0.3) is 5.56 Å². The van der Waals surface area contributed by atoms with E-state index < -0.39 is 11.2 Å². The number of imidazole rings is 1. The number of benzene rings is 1. The summed E-state index contributed by atoms with van der Waals surface area (Å²) >= 11 is 4.68. The first-order valence-electron chi connectivity index (χ1n) is 7.34. The Balaban J connectivity index is 2.28. The smallest absolute Gasteiger partial charge is 0.309 e. The molecule has 9 heteroatoms. The van der Waals surface area contributed by atoms with Crippen LogP contribution >= 0.6 is 27.7 Å². The number of nitriles is 1. The maximum Gasteiger partial charge on any atom is 0.332 e. The van der Waals surface area contributed by atoms with Crippen molar-refractivity contribution in [1.82, 2.24) is 18.7 Å². The molecule has 0 amide bonds. The molecule has 0 unspecified atom stereocenters. The quantitative estimate of drug-likeness (QED) is 0.602. The van der Waals surface area contributed by atoms with Crippen molar-refractivity contribution in [1.29, 1.82) is 5.26 Å². The van der Waals surface area contributed by atoms with Crippen molar-refractivity contribution in [2.75, 3.05) is 5.75 Å². The molecule has 0 fully saturated rings. The summed E-state index contributed by atoms with van der Waals surface area (Å²) in [5.41, 5.74) is 0.822. The molecule has 0 N–H and O–H groups in total. The number of hydrogen-bond donors (Lipinski definition) is 0. The Morgan fingerprint density at radius 3 is 2.72 bits per heavy atom. The molecule has 3 aromatic rings. The fourth-order valence-corrected chi connectivity index (χ4v) is 3.70. The van der Waals surface area contributed by atoms with E-state index in [-0.39, 0.29) is 5.75 Å². The van der Waals surface area contributed by atoms with Crippen LogP contribution in [-0.4, -0.2) is 24.4 Å². The normalized spacial score (nSPS) is 11.0. The van der Waals surface area contributed by atoms with Crippen LogP contribution in [0, 0.1) is 11.3 Å². The molecule has 0 aliphatic rings. The number of thioether (sulfide) groups is 1. The van der Waals surface area contributed by atoms with Gasteiger partial charge in [0.05, 0.1) is 18.4 Å². The predicted molar refractivity (Wildman–Crippen MR) is 99.8 cm³/mol. The fourth-order valence-electron chi connectivity index (χ4n) is 2.60. The molecular formula is C16H14BrN5O2S. The van der Waals surface area contributed by atoms with Crippen LogP contribution in [0.2, 0.25) is 0 Å². The van der Waals surface area contributed by atoms with Crippen LogP contribution in [0.3, 0.4) is 0 Å². The molecule has 25 heavy (non-hydrogen) atoms. The van der Waals surface area contributed by atoms with E-state index in [2.05, 4.69) is 27.0 Å². The molecule has 0 spiro atoms. The molecule has 0 bridgehead atoms. The number of fused-ring (bicyclic) bond motifs is 1. The minimum atomic E-state index is -0.429. The molecule has 0 saturated heterocycles. The topological polar surface area (TPSA) is 85.6 Å². The number of nitrogens with zero attached hydrogens (tertiary/aromatic N) is 5. The van der Waals surface area contributed by atoms with Crippen molar-refractivity contribution < 1.29 is 0 Å². The van der Waals surface area contributed by atoms with Crippen molar-refractivity contribution in [3.05, 3.63) is 55.1 Å². The van der Waals surface area contributed by atoms with Gasteiger partial charge in [-0.2, -0.15) is 5.26 Å². The zero-order chi connectivity index (χ0) is 18.1. The third kappa shape index (κ3) is 3.15. The van der Waals surface area contributed by atoms with Crippen molar-refractivity contribution >= 4 is 38.9 Å². The molecule has 0 saturated carbocycles. The van der Waals surface area contributed by atoms with Crippen LogP contribution in [0.1, 0.15) is 5.56 Å². The van der Waals surface area contributed by atoms with E-state index in [0.29, 0.717) is 22.9 Å². The summed E-state index contributed by atoms with van der Waals surface area (Å²) in [5, 5.41) is 9.42. The summed E-state index contributed by atoms with van der Waals surface area (Å²) in [5.74, 6) is 0.204. The van der Waals surface area contributed by atoms with E-state index in [1.807, 2.05) is 24.3 Å². The first-order valence-corrected chi connectivity index (χ1v) is 9.12. The van der Waals surface area contributed by atoms with Crippen LogP contribution in [0.15, 0.2) is 43.5 Å². The zero-order valence-corrected chi connectivity index (χ0v) is 16.0. The SMILES string of the molecule is Cn1c(=O)c2c(nc(SCC#N)n2Cc2cccc(Br)c2)n(C)c1=O. The van der Waals surface area contributed by atoms with Crippen LogP contribution in [-0.2, 0) is 20.6 Å². The Hall–Kier alpha value is -2.31. The molecule has 2 aromatic heterocycles. The molecule has 1 aromatic carbocycles. The van der Waals surface area contributed by atoms with Crippen LogP contribution < -0.4 is 11.2 Å². The average molecular weight is 420 g/mol. The lowest BCUT2D eigenvalue weighted by Crippen LogP contribution is -2.37. The molecule has 0 radical (unpaired) electrons. The second kappa shape index (κ2) is 6.90. The molecule has 128 valence electrons. The van der Waals surface area contributed by atoms with Gasteiger partial charge in [0, 0.05) is 18.6 Å². The summed E-state index contributed by atoms with van der Waals surface area (Å²) in [6, 6.07) is 9.80. The van der Waals surface area contributed by atoms with Crippen molar-refractivity contribution in [2.45, 2.75) is 11.7 Å². The van der Waals surface area contributed by atoms with Gasteiger partial charge in [0.15, 0.2) is 16.3 Å². The Morgan fingerprint density at radius 2 is 2.04 bits per heavy atom. The predicted octanol–water partition coefficient (Wildman–Crippen LogP) is 1.86. The van der Waals surface area contributed by atoms with E-state index in [9.17, 15) is 9.59 Å². The molecule has 0 aliphatic carbocycles. The van der Waals surface area contributed by atoms with Crippen LogP contribution in [0.5, 0.6) is 0 Å². The van der Waals surface area contributed by atoms with E-state index >= 15 is 0 Å². The third-order valence-electron chi connectivity index (χ3n) is 3.81. The van der Waals surface area contributed by atoms with E-state index in [4.69, 9.17) is 5.26 Å². The Bertz CT molecular complexity index is 1120. The minimum absolute atomic E-state index is 0.204. The number of aryl methyl sites for hydroxylation is 1.